The van der Waals surface area contributed by atoms with Crippen LogP contribution in [0.25, 0.3) is 0 Å². The van der Waals surface area contributed by atoms with Gasteiger partial charge in [0.2, 0.25) is 0 Å². The van der Waals surface area contributed by atoms with Crippen molar-refractivity contribution in [3.05, 3.63) is 0 Å². The van der Waals surface area contributed by atoms with E-state index in [-0.39, 0.29) is 8.75 Å². The van der Waals surface area contributed by atoms with Crippen LogP contribution in [0.4, 0.5) is 0 Å². The summed E-state index contributed by atoms with van der Waals surface area (Å²) in [5.41, 5.74) is 0. The predicted molar refractivity (Wildman–Crippen MR) is 101 cm³/mol. The van der Waals surface area contributed by atoms with E-state index in [9.17, 15) is 0 Å². The van der Waals surface area contributed by atoms with Crippen molar-refractivity contribution in [2.75, 3.05) is 0 Å². The van der Waals surface area contributed by atoms with Crippen molar-refractivity contribution >= 4 is 97.2 Å². The molecule has 0 bridgehead atoms. The van der Waals surface area contributed by atoms with Gasteiger partial charge in [0.05, 0.1) is 0 Å². The number of hydrogen-bond acceptors (Lipinski definition) is 0. The second kappa shape index (κ2) is 6.79. The van der Waals surface area contributed by atoms with E-state index in [1.54, 1.807) is 0 Å². The SMILES string of the molecule is C[Si](C)(C)[CH]([CH]([Si](C)(C)C)[Ge]([Cl])([Cl])[Cl])[Ge]([Cl])([Cl])[Cl]. The first-order chi connectivity index (χ1) is 7.49. The van der Waals surface area contributed by atoms with Crippen LogP contribution in [0.15, 0.2) is 0 Å². The Hall–Kier alpha value is 3.26. The molecule has 0 amide bonds. The molecule has 0 aromatic carbocycles. The summed E-state index contributed by atoms with van der Waals surface area (Å²) in [6, 6.07) is 0. The number of hydrogen-bond donors (Lipinski definition) is 0. The summed E-state index contributed by atoms with van der Waals surface area (Å²) in [4.78, 5) is 0. The quantitative estimate of drug-likeness (QED) is 0.344. The molecule has 0 aromatic heterocycles. The molecule has 0 rings (SSSR count). The van der Waals surface area contributed by atoms with E-state index in [1.807, 2.05) is 0 Å². The molecular formula is C8H20Cl6Ge2Si2. The molecule has 0 radical (unpaired) electrons. The van der Waals surface area contributed by atoms with E-state index >= 15 is 0 Å². The predicted octanol–water partition coefficient (Wildman–Crippen LogP) is 6.79. The van der Waals surface area contributed by atoms with Gasteiger partial charge in [0.1, 0.15) is 0 Å². The Morgan fingerprint density at radius 3 is 0.778 bits per heavy atom. The van der Waals surface area contributed by atoms with Crippen molar-refractivity contribution in [1.82, 2.24) is 0 Å². The van der Waals surface area contributed by atoms with Crippen molar-refractivity contribution < 1.29 is 0 Å². The molecule has 0 saturated carbocycles. The van der Waals surface area contributed by atoms with E-state index < -0.39 is 37.1 Å². The second-order valence-corrected chi connectivity index (χ2v) is 51.7. The Kier molecular flexibility index (Phi) is 8.02. The first-order valence-electron chi connectivity index (χ1n) is 5.62. The van der Waals surface area contributed by atoms with Crippen molar-refractivity contribution in [3.63, 3.8) is 0 Å². The zero-order valence-corrected chi connectivity index (χ0v) is 22.2. The molecule has 2 atom stereocenters. The molecule has 0 nitrogen and oxygen atoms in total. The van der Waals surface area contributed by atoms with Gasteiger partial charge in [-0.1, -0.05) is 0 Å². The fraction of sp³-hybridized carbons (Fsp3) is 1.00. The van der Waals surface area contributed by atoms with Crippen LogP contribution in [0.1, 0.15) is 0 Å². The van der Waals surface area contributed by atoms with Crippen LogP contribution in [0.2, 0.25) is 48.0 Å². The Morgan fingerprint density at radius 2 is 0.722 bits per heavy atom. The van der Waals surface area contributed by atoms with Crippen LogP contribution >= 0.6 is 60.1 Å². The third-order valence-electron chi connectivity index (χ3n) is 2.90. The third kappa shape index (κ3) is 6.57. The van der Waals surface area contributed by atoms with Crippen molar-refractivity contribution in [1.29, 1.82) is 0 Å². The molecule has 2 unspecified atom stereocenters. The Morgan fingerprint density at radius 1 is 0.556 bits per heavy atom. The average Bonchev–Trinajstić information content (AvgIpc) is 1.89. The van der Waals surface area contributed by atoms with Gasteiger partial charge < -0.3 is 0 Å². The maximum absolute atomic E-state index is 6.42. The minimum atomic E-state index is -3.44. The Bertz CT molecular complexity index is 230. The summed E-state index contributed by atoms with van der Waals surface area (Å²) in [6.07, 6.45) is 0. The van der Waals surface area contributed by atoms with Gasteiger partial charge in [-0.3, -0.25) is 0 Å². The maximum atomic E-state index is 6.42. The van der Waals surface area contributed by atoms with E-state index in [2.05, 4.69) is 39.3 Å². The minimum absolute atomic E-state index is 0.0710. The standard InChI is InChI=1S/C8H20Cl6Ge2Si2/c1-17(2,3)7(15(9,10)11)8(16(12,13)14)18(4,5)6/h7-8H,1-6H3. The molecule has 0 heterocycles. The van der Waals surface area contributed by atoms with Crippen molar-refractivity contribution in [2.45, 2.75) is 48.0 Å². The molecule has 0 aliphatic rings. The molecule has 18 heavy (non-hydrogen) atoms. The van der Waals surface area contributed by atoms with Crippen molar-refractivity contribution in [2.24, 2.45) is 0 Å². The summed E-state index contributed by atoms with van der Waals surface area (Å²) >= 11 is 0. The molecule has 0 aliphatic carbocycles. The third-order valence-corrected chi connectivity index (χ3v) is 43.3. The molecular weight excluding hydrogens is 510 g/mol. The summed E-state index contributed by atoms with van der Waals surface area (Å²) < 4.78 is 0.142. The van der Waals surface area contributed by atoms with Gasteiger partial charge in [-0.25, -0.2) is 0 Å². The van der Waals surface area contributed by atoms with E-state index in [0.717, 1.165) is 0 Å². The van der Waals surface area contributed by atoms with Gasteiger partial charge in [0, 0.05) is 0 Å². The van der Waals surface area contributed by atoms with Gasteiger partial charge in [0.15, 0.2) is 0 Å². The Balaban J connectivity index is 5.84. The molecule has 0 aromatic rings. The van der Waals surface area contributed by atoms with Crippen LogP contribution in [-0.4, -0.2) is 37.1 Å². The van der Waals surface area contributed by atoms with Gasteiger partial charge >= 0.3 is 145 Å². The monoisotopic (exact) mass is 530 g/mol. The molecule has 0 spiro atoms. The first kappa shape index (κ1) is 21.3. The fourth-order valence-corrected chi connectivity index (χ4v) is 82.4. The number of halogens is 6. The van der Waals surface area contributed by atoms with Crippen LogP contribution in [0, 0.1) is 0 Å². The zero-order chi connectivity index (χ0) is 15.2. The van der Waals surface area contributed by atoms with E-state index in [4.69, 9.17) is 60.1 Å². The summed E-state index contributed by atoms with van der Waals surface area (Å²) in [7, 11) is 28.3. The zero-order valence-electron chi connectivity index (χ0n) is 11.4. The summed E-state index contributed by atoms with van der Waals surface area (Å²) in [5.74, 6) is 0. The van der Waals surface area contributed by atoms with Crippen LogP contribution in [0.5, 0.6) is 0 Å². The van der Waals surface area contributed by atoms with E-state index in [0.29, 0.717) is 0 Å². The topological polar surface area (TPSA) is 0 Å². The Labute approximate surface area is 143 Å². The normalized spacial score (nSPS) is 18.7. The first-order valence-corrected chi connectivity index (χ1v) is 31.7. The van der Waals surface area contributed by atoms with Gasteiger partial charge in [0.25, 0.3) is 0 Å². The van der Waals surface area contributed by atoms with Crippen molar-refractivity contribution in [3.8, 4) is 0 Å². The molecule has 10 heteroatoms. The van der Waals surface area contributed by atoms with Crippen LogP contribution in [-0.2, 0) is 0 Å². The number of rotatable bonds is 5. The molecule has 0 fully saturated rings. The summed E-state index contributed by atoms with van der Waals surface area (Å²) in [5, 5.41) is 0. The van der Waals surface area contributed by atoms with Crippen LogP contribution < -0.4 is 0 Å². The molecule has 0 aliphatic heterocycles. The molecule has 110 valence electrons. The fourth-order valence-electron chi connectivity index (χ4n) is 2.36. The van der Waals surface area contributed by atoms with Gasteiger partial charge in [-0.15, -0.1) is 0 Å². The van der Waals surface area contributed by atoms with Gasteiger partial charge in [-0.05, 0) is 0 Å². The molecule has 0 saturated heterocycles. The average molecular weight is 530 g/mol. The summed E-state index contributed by atoms with van der Waals surface area (Å²) in [6.45, 7) is 13.3. The van der Waals surface area contributed by atoms with Crippen LogP contribution in [0.3, 0.4) is 0 Å². The van der Waals surface area contributed by atoms with Gasteiger partial charge in [-0.2, -0.15) is 0 Å². The molecule has 0 N–H and O–H groups in total. The van der Waals surface area contributed by atoms with E-state index in [1.165, 1.54) is 0 Å². The second-order valence-electron chi connectivity index (χ2n) is 6.77.